The molecule has 1 saturated heterocycles. The van der Waals surface area contributed by atoms with Crippen LogP contribution < -0.4 is 4.72 Å². The summed E-state index contributed by atoms with van der Waals surface area (Å²) >= 11 is 4.80. The van der Waals surface area contributed by atoms with Crippen molar-refractivity contribution in [2.45, 2.75) is 16.9 Å². The van der Waals surface area contributed by atoms with Crippen LogP contribution in [-0.4, -0.2) is 25.5 Å². The largest absolute Gasteiger partial charge is 0.243 e. The summed E-state index contributed by atoms with van der Waals surface area (Å²) in [6, 6.07) is 8.67. The molecular formula is C11H11BrN2O2S2. The molecule has 1 aliphatic heterocycles. The van der Waals surface area contributed by atoms with E-state index in [4.69, 9.17) is 0 Å². The van der Waals surface area contributed by atoms with Gasteiger partial charge in [-0.1, -0.05) is 12.1 Å². The van der Waals surface area contributed by atoms with Crippen molar-refractivity contribution in [3.8, 4) is 6.07 Å². The Labute approximate surface area is 119 Å². The Morgan fingerprint density at radius 3 is 2.72 bits per heavy atom. The lowest BCUT2D eigenvalue weighted by molar-refractivity contribution is 0.514. The molecule has 1 unspecified atom stereocenters. The summed E-state index contributed by atoms with van der Waals surface area (Å²) in [4.78, 5) is 0.163. The predicted molar refractivity (Wildman–Crippen MR) is 74.7 cm³/mol. The van der Waals surface area contributed by atoms with Crippen LogP contribution in [-0.2, 0) is 10.0 Å². The van der Waals surface area contributed by atoms with Crippen molar-refractivity contribution in [2.24, 2.45) is 0 Å². The van der Waals surface area contributed by atoms with Crippen LogP contribution in [0.1, 0.15) is 6.42 Å². The van der Waals surface area contributed by atoms with Gasteiger partial charge in [0.05, 0.1) is 11.0 Å². The van der Waals surface area contributed by atoms with Gasteiger partial charge in [0.15, 0.2) is 0 Å². The minimum Gasteiger partial charge on any atom is -0.207 e. The highest BCUT2D eigenvalue weighted by atomic mass is 79.9. The van der Waals surface area contributed by atoms with Crippen molar-refractivity contribution in [1.82, 2.24) is 4.72 Å². The second kappa shape index (κ2) is 5.21. The number of nitrogens with zero attached hydrogens (tertiary/aromatic N) is 1. The first-order chi connectivity index (χ1) is 8.49. The minimum atomic E-state index is -3.68. The fourth-order valence-corrected chi connectivity index (χ4v) is 5.44. The molecule has 1 atom stereocenters. The molecule has 96 valence electrons. The number of rotatable bonds is 3. The minimum absolute atomic E-state index is 0.163. The Bertz CT molecular complexity index is 589. The van der Waals surface area contributed by atoms with Gasteiger partial charge in [0.2, 0.25) is 10.0 Å². The van der Waals surface area contributed by atoms with Crippen molar-refractivity contribution < 1.29 is 8.42 Å². The van der Waals surface area contributed by atoms with Gasteiger partial charge in [-0.2, -0.15) is 21.7 Å². The van der Waals surface area contributed by atoms with Gasteiger partial charge in [-0.05, 0) is 40.2 Å². The average molecular weight is 347 g/mol. The Morgan fingerprint density at radius 2 is 2.17 bits per heavy atom. The summed E-state index contributed by atoms with van der Waals surface area (Å²) in [5, 5.41) is 9.19. The van der Waals surface area contributed by atoms with Gasteiger partial charge in [-0.25, -0.2) is 8.42 Å². The van der Waals surface area contributed by atoms with E-state index in [-0.39, 0.29) is 4.90 Å². The summed E-state index contributed by atoms with van der Waals surface area (Å²) in [5.41, 5.74) is -0.973. The lowest BCUT2D eigenvalue weighted by Gasteiger charge is -2.21. The van der Waals surface area contributed by atoms with E-state index in [0.717, 1.165) is 5.75 Å². The second-order valence-electron chi connectivity index (χ2n) is 4.03. The monoisotopic (exact) mass is 346 g/mol. The highest BCUT2D eigenvalue weighted by Crippen LogP contribution is 2.30. The zero-order valence-corrected chi connectivity index (χ0v) is 12.6. The first-order valence-corrected chi connectivity index (χ1v) is 8.70. The normalized spacial score (nSPS) is 23.8. The molecule has 1 aromatic carbocycles. The third-order valence-electron chi connectivity index (χ3n) is 2.69. The zero-order chi connectivity index (χ0) is 13.2. The first kappa shape index (κ1) is 13.9. The zero-order valence-electron chi connectivity index (χ0n) is 9.39. The third kappa shape index (κ3) is 2.72. The maximum atomic E-state index is 12.3. The molecule has 1 N–H and O–H groups in total. The average Bonchev–Trinajstić information content (AvgIpc) is 2.78. The van der Waals surface area contributed by atoms with Crippen molar-refractivity contribution in [2.75, 3.05) is 11.5 Å². The van der Waals surface area contributed by atoms with Crippen LogP contribution >= 0.6 is 27.7 Å². The molecule has 1 fully saturated rings. The van der Waals surface area contributed by atoms with E-state index >= 15 is 0 Å². The molecule has 2 rings (SSSR count). The predicted octanol–water partition coefficient (Wildman–Crippen LogP) is 2.13. The number of nitriles is 1. The molecule has 1 heterocycles. The number of halogens is 1. The molecule has 0 aromatic heterocycles. The molecule has 1 aliphatic rings. The van der Waals surface area contributed by atoms with E-state index in [0.29, 0.717) is 16.6 Å². The van der Waals surface area contributed by atoms with Gasteiger partial charge in [-0.3, -0.25) is 0 Å². The van der Waals surface area contributed by atoms with Crippen LogP contribution in [0.15, 0.2) is 33.6 Å². The molecule has 0 aliphatic carbocycles. The van der Waals surface area contributed by atoms with Crippen LogP contribution in [0, 0.1) is 11.3 Å². The van der Waals surface area contributed by atoms with Crippen molar-refractivity contribution in [3.05, 3.63) is 28.7 Å². The number of benzene rings is 1. The van der Waals surface area contributed by atoms with Crippen LogP contribution in [0.5, 0.6) is 0 Å². The molecule has 0 spiro atoms. The number of sulfonamides is 1. The van der Waals surface area contributed by atoms with E-state index in [2.05, 4.69) is 26.7 Å². The van der Waals surface area contributed by atoms with Crippen LogP contribution in [0.3, 0.4) is 0 Å². The standard InChI is InChI=1S/C11H11BrN2O2S2/c12-9-3-1-2-4-10(9)18(15,16)14-11(7-13)5-6-17-8-11/h1-4,14H,5-6,8H2. The topological polar surface area (TPSA) is 70.0 Å². The molecule has 0 bridgehead atoms. The van der Waals surface area contributed by atoms with Crippen molar-refractivity contribution in [1.29, 1.82) is 5.26 Å². The summed E-state index contributed by atoms with van der Waals surface area (Å²) in [5.74, 6) is 1.29. The first-order valence-electron chi connectivity index (χ1n) is 5.27. The van der Waals surface area contributed by atoms with Crippen LogP contribution in [0.25, 0.3) is 0 Å². The number of nitrogens with one attached hydrogen (secondary N) is 1. The van der Waals surface area contributed by atoms with E-state index in [1.807, 2.05) is 0 Å². The lowest BCUT2D eigenvalue weighted by Crippen LogP contribution is -2.47. The van der Waals surface area contributed by atoms with E-state index in [9.17, 15) is 13.7 Å². The van der Waals surface area contributed by atoms with Gasteiger partial charge >= 0.3 is 0 Å². The highest BCUT2D eigenvalue weighted by Gasteiger charge is 2.39. The second-order valence-corrected chi connectivity index (χ2v) is 7.64. The molecule has 0 radical (unpaired) electrons. The Morgan fingerprint density at radius 1 is 1.44 bits per heavy atom. The molecule has 18 heavy (non-hydrogen) atoms. The Kier molecular flexibility index (Phi) is 4.02. The maximum absolute atomic E-state index is 12.3. The van der Waals surface area contributed by atoms with Crippen molar-refractivity contribution in [3.63, 3.8) is 0 Å². The molecule has 7 heteroatoms. The molecule has 4 nitrogen and oxygen atoms in total. The summed E-state index contributed by atoms with van der Waals surface area (Å²) in [6.45, 7) is 0. The number of thioether (sulfide) groups is 1. The summed E-state index contributed by atoms with van der Waals surface area (Å²) in [7, 11) is -3.68. The molecule has 1 aromatic rings. The van der Waals surface area contributed by atoms with Gasteiger partial charge in [0.25, 0.3) is 0 Å². The fraction of sp³-hybridized carbons (Fsp3) is 0.364. The van der Waals surface area contributed by atoms with Crippen molar-refractivity contribution >= 4 is 37.7 Å². The lowest BCUT2D eigenvalue weighted by atomic mass is 10.0. The quantitative estimate of drug-likeness (QED) is 0.909. The fourth-order valence-electron chi connectivity index (χ4n) is 1.73. The summed E-state index contributed by atoms with van der Waals surface area (Å²) < 4.78 is 27.6. The van der Waals surface area contributed by atoms with Crippen LogP contribution in [0.4, 0.5) is 0 Å². The Hall–Kier alpha value is -0.550. The van der Waals surface area contributed by atoms with Gasteiger partial charge in [0, 0.05) is 10.2 Å². The third-order valence-corrected chi connectivity index (χ3v) is 6.43. The summed E-state index contributed by atoms with van der Waals surface area (Å²) in [6.07, 6.45) is 0.540. The molecule has 0 saturated carbocycles. The van der Waals surface area contributed by atoms with Gasteiger partial charge in [-0.15, -0.1) is 0 Å². The van der Waals surface area contributed by atoms with E-state index < -0.39 is 15.6 Å². The number of hydrogen-bond donors (Lipinski definition) is 1. The SMILES string of the molecule is N#CC1(NS(=O)(=O)c2ccccc2Br)CCSC1. The van der Waals surface area contributed by atoms with Gasteiger partial charge in [0.1, 0.15) is 5.54 Å². The number of hydrogen-bond acceptors (Lipinski definition) is 4. The maximum Gasteiger partial charge on any atom is 0.243 e. The van der Waals surface area contributed by atoms with E-state index in [1.54, 1.807) is 30.0 Å². The highest BCUT2D eigenvalue weighted by molar-refractivity contribution is 9.10. The smallest absolute Gasteiger partial charge is 0.207 e. The van der Waals surface area contributed by atoms with E-state index in [1.165, 1.54) is 6.07 Å². The molecule has 0 amide bonds. The molecular weight excluding hydrogens is 336 g/mol. The van der Waals surface area contributed by atoms with Crippen LogP contribution in [0.2, 0.25) is 0 Å². The Balaban J connectivity index is 2.34. The van der Waals surface area contributed by atoms with Gasteiger partial charge < -0.3 is 0 Å².